The molecule has 1 aromatic carbocycles. The zero-order valence-electron chi connectivity index (χ0n) is 12.0. The first-order valence-electron chi connectivity index (χ1n) is 4.53. The van der Waals surface area contributed by atoms with E-state index in [0.29, 0.717) is 0 Å². The molecular weight excluding hydrogens is 381 g/mol. The van der Waals surface area contributed by atoms with Crippen molar-refractivity contribution < 1.29 is 187 Å². The summed E-state index contributed by atoms with van der Waals surface area (Å²) in [5.41, 5.74) is 0. The number of aliphatic carboxylic acids is 2. The molecule has 7 nitrogen and oxygen atoms in total. The first-order valence-corrected chi connectivity index (χ1v) is 6.03. The van der Waals surface area contributed by atoms with E-state index in [1.54, 1.807) is 0 Å². The van der Waals surface area contributed by atoms with Gasteiger partial charge in [-0.15, -0.1) is 0 Å². The Kier molecular flexibility index (Phi) is 26.9. The summed E-state index contributed by atoms with van der Waals surface area (Å²) in [7, 11) is -4.94. The van der Waals surface area contributed by atoms with Gasteiger partial charge in [0.25, 0.3) is 10.1 Å². The summed E-state index contributed by atoms with van der Waals surface area (Å²) >= 11 is 0. The minimum atomic E-state index is -4.94. The topological polar surface area (TPSA) is 135 Å². The van der Waals surface area contributed by atoms with Crippen LogP contribution >= 0.6 is 0 Å². The van der Waals surface area contributed by atoms with Gasteiger partial charge in [0.05, 0.1) is 5.97 Å². The van der Waals surface area contributed by atoms with Crippen LogP contribution in [0.1, 0.15) is 6.42 Å². The van der Waals surface area contributed by atoms with Gasteiger partial charge in [-0.1, -0.05) is 0 Å². The smallest absolute Gasteiger partial charge is 0.550 e. The van der Waals surface area contributed by atoms with Crippen molar-refractivity contribution in [2.75, 3.05) is 0 Å². The van der Waals surface area contributed by atoms with E-state index in [-0.39, 0.29) is 154 Å². The van der Waals surface area contributed by atoms with Crippen molar-refractivity contribution in [3.05, 3.63) is 36.4 Å². The minimum absolute atomic E-state index is 0. The summed E-state index contributed by atoms with van der Waals surface area (Å²) in [6.45, 7) is 0. The number of hydrogen-bond donors (Lipinski definition) is 1. The van der Waals surface area contributed by atoms with Crippen LogP contribution in [0.4, 0.5) is 0 Å². The van der Waals surface area contributed by atoms with E-state index in [2.05, 4.69) is 6.07 Å². The average Bonchev–Trinajstić information content (AvgIpc) is 2.27. The van der Waals surface area contributed by atoms with E-state index in [4.69, 9.17) is 4.55 Å². The number of carboxylic acid groups (broad SMARTS) is 2. The van der Waals surface area contributed by atoms with Gasteiger partial charge >= 0.3 is 154 Å². The molecule has 0 aromatic heterocycles. The maximum absolute atomic E-state index is 10.2. The number of benzene rings is 1. The molecule has 21 heavy (non-hydrogen) atoms. The fraction of sp³-hybridized carbons (Fsp3) is 0.200. The zero-order valence-corrected chi connectivity index (χ0v) is 22.2. The Labute approximate surface area is 250 Å². The van der Waals surface area contributed by atoms with Crippen LogP contribution in [0, 0.1) is 6.07 Å². The van der Waals surface area contributed by atoms with Crippen molar-refractivity contribution in [3.63, 3.8) is 0 Å². The fourth-order valence-corrected chi connectivity index (χ4v) is 1.39. The third kappa shape index (κ3) is 19.2. The first-order chi connectivity index (χ1) is 8.25. The predicted octanol–water partition coefficient (Wildman–Crippen LogP) is -11.4. The summed E-state index contributed by atoms with van der Waals surface area (Å²) < 4.78 is 28.5. The minimum Gasteiger partial charge on any atom is -0.550 e. The Hall–Kier alpha value is 2.98. The standard InChI is InChI=1S/C6H5.C4H6O7S.3K/c1-2-4-6-5-3-1;5-3(6)1-2(4(7)8)12(9,10)11;;;/h1-5H;2H,1H2,(H,5,6)(H,7,8)(H,9,10,11);;;/q-1;;3*+1/p-2. The van der Waals surface area contributed by atoms with Gasteiger partial charge in [0, 0.05) is 12.4 Å². The quantitative estimate of drug-likeness (QED) is 0.306. The number of hydrogen-bond acceptors (Lipinski definition) is 6. The number of carboxylic acids is 2. The van der Waals surface area contributed by atoms with E-state index in [0.717, 1.165) is 0 Å². The van der Waals surface area contributed by atoms with E-state index in [1.165, 1.54) is 0 Å². The molecule has 11 heteroatoms. The maximum atomic E-state index is 10.2. The third-order valence-electron chi connectivity index (χ3n) is 1.58. The number of carbonyl (C=O) groups is 2. The average molecular weight is 391 g/mol. The van der Waals surface area contributed by atoms with Crippen molar-refractivity contribution in [2.24, 2.45) is 0 Å². The molecule has 1 unspecified atom stereocenters. The van der Waals surface area contributed by atoms with Crippen LogP contribution < -0.4 is 164 Å². The Morgan fingerprint density at radius 2 is 1.48 bits per heavy atom. The van der Waals surface area contributed by atoms with E-state index < -0.39 is 33.7 Å². The van der Waals surface area contributed by atoms with Crippen molar-refractivity contribution in [1.82, 2.24) is 0 Å². The van der Waals surface area contributed by atoms with Gasteiger partial charge in [-0.05, 0) is 0 Å². The van der Waals surface area contributed by atoms with Gasteiger partial charge in [0.15, 0.2) is 0 Å². The Balaban J connectivity index is -0.000000138. The SMILES string of the molecule is O=C([O-])CC(C(=O)[O-])S(=O)(=O)O.[K+].[K+].[K+].[c-]1ccccc1. The van der Waals surface area contributed by atoms with E-state index in [1.807, 2.05) is 30.3 Å². The second kappa shape index (κ2) is 17.8. The molecule has 0 bridgehead atoms. The molecule has 0 radical (unpaired) electrons. The molecule has 0 aliphatic rings. The molecule has 1 aromatic rings. The van der Waals surface area contributed by atoms with Gasteiger partial charge in [-0.3, -0.25) is 4.55 Å². The number of rotatable bonds is 4. The van der Waals surface area contributed by atoms with Crippen LogP contribution in [-0.2, 0) is 19.7 Å². The fourth-order valence-electron chi connectivity index (χ4n) is 0.804. The molecule has 0 fully saturated rings. The maximum Gasteiger partial charge on any atom is 1.00 e. The van der Waals surface area contributed by atoms with Crippen molar-refractivity contribution in [1.29, 1.82) is 0 Å². The third-order valence-corrected chi connectivity index (χ3v) is 2.66. The number of carbonyl (C=O) groups excluding carboxylic acids is 2. The molecule has 0 saturated heterocycles. The van der Waals surface area contributed by atoms with Gasteiger partial charge < -0.3 is 19.8 Å². The second-order valence-electron chi connectivity index (χ2n) is 2.98. The normalized spacial score (nSPS) is 10.1. The van der Waals surface area contributed by atoms with Crippen LogP contribution in [0.5, 0.6) is 0 Å². The van der Waals surface area contributed by atoms with E-state index in [9.17, 15) is 28.2 Å². The molecular formula is C10H9K3O7S. The Morgan fingerprint density at radius 3 is 1.57 bits per heavy atom. The van der Waals surface area contributed by atoms with Gasteiger partial charge in [-0.25, -0.2) is 0 Å². The van der Waals surface area contributed by atoms with Crippen LogP contribution in [0.3, 0.4) is 0 Å². The Morgan fingerprint density at radius 1 is 1.05 bits per heavy atom. The van der Waals surface area contributed by atoms with Crippen LogP contribution in [0.2, 0.25) is 0 Å². The van der Waals surface area contributed by atoms with Gasteiger partial charge in [0.1, 0.15) is 5.25 Å². The van der Waals surface area contributed by atoms with Crippen LogP contribution in [-0.4, -0.2) is 30.2 Å². The molecule has 1 rings (SSSR count). The molecule has 1 N–H and O–H groups in total. The summed E-state index contributed by atoms with van der Waals surface area (Å²) in [6.07, 6.45) is -1.33. The second-order valence-corrected chi connectivity index (χ2v) is 4.58. The molecule has 0 aliphatic carbocycles. The zero-order chi connectivity index (χ0) is 14.2. The molecule has 1 atom stereocenters. The van der Waals surface area contributed by atoms with Crippen molar-refractivity contribution in [2.45, 2.75) is 11.7 Å². The summed E-state index contributed by atoms with van der Waals surface area (Å²) in [5.74, 6) is -4.08. The Bertz CT molecular complexity index is 466. The van der Waals surface area contributed by atoms with Crippen LogP contribution in [0.25, 0.3) is 0 Å². The molecule has 0 saturated carbocycles. The molecule has 100 valence electrons. The van der Waals surface area contributed by atoms with Crippen molar-refractivity contribution >= 4 is 22.1 Å². The monoisotopic (exact) mass is 390 g/mol. The van der Waals surface area contributed by atoms with Gasteiger partial charge in [-0.2, -0.15) is 44.8 Å². The first kappa shape index (κ1) is 31.7. The molecule has 0 spiro atoms. The van der Waals surface area contributed by atoms with Gasteiger partial charge in [0.2, 0.25) is 0 Å². The van der Waals surface area contributed by atoms with Crippen LogP contribution in [0.15, 0.2) is 30.3 Å². The molecule has 0 aliphatic heterocycles. The van der Waals surface area contributed by atoms with E-state index >= 15 is 0 Å². The molecule has 0 heterocycles. The summed E-state index contributed by atoms with van der Waals surface area (Å²) in [5, 5.41) is 17.3. The predicted molar refractivity (Wildman–Crippen MR) is 55.2 cm³/mol. The summed E-state index contributed by atoms with van der Waals surface area (Å²) in [4.78, 5) is 19.7. The molecule has 0 amide bonds. The summed E-state index contributed by atoms with van der Waals surface area (Å²) in [6, 6.07) is 12.5. The van der Waals surface area contributed by atoms with Crippen molar-refractivity contribution in [3.8, 4) is 0 Å². The largest absolute Gasteiger partial charge is 1.00 e.